The van der Waals surface area contributed by atoms with E-state index in [4.69, 9.17) is 5.73 Å². The van der Waals surface area contributed by atoms with E-state index in [1.54, 1.807) is 6.07 Å². The number of hydrogen-bond acceptors (Lipinski definition) is 3. The molecule has 2 N–H and O–H groups in total. The lowest BCUT2D eigenvalue weighted by atomic mass is 10.0. The first kappa shape index (κ1) is 19.0. The van der Waals surface area contributed by atoms with Crippen molar-refractivity contribution in [1.82, 2.24) is 9.80 Å². The van der Waals surface area contributed by atoms with Gasteiger partial charge in [0.1, 0.15) is 0 Å². The average Bonchev–Trinajstić information content (AvgIpc) is 2.31. The lowest BCUT2D eigenvalue weighted by molar-refractivity contribution is 0.0533. The molecule has 1 unspecified atom stereocenters. The van der Waals surface area contributed by atoms with Crippen LogP contribution in [0.1, 0.15) is 22.8 Å². The molecule has 1 aliphatic rings. The van der Waals surface area contributed by atoms with Crippen LogP contribution in [0.5, 0.6) is 0 Å². The van der Waals surface area contributed by atoms with Crippen LogP contribution in [0.25, 0.3) is 0 Å². The molecular weight excluding hydrogens is 297 g/mol. The SMILES string of the molecule is Cc1ccc(N)cc1C(=O)N1CCN(C)CC1C.Cl.Cl. The minimum Gasteiger partial charge on any atom is -0.399 e. The molecule has 1 amide bonds. The molecule has 0 radical (unpaired) electrons. The summed E-state index contributed by atoms with van der Waals surface area (Å²) >= 11 is 0. The Kier molecular flexibility index (Phi) is 7.34. The fourth-order valence-electron chi connectivity index (χ4n) is 2.47. The highest BCUT2D eigenvalue weighted by molar-refractivity contribution is 5.96. The van der Waals surface area contributed by atoms with Crippen molar-refractivity contribution in [3.63, 3.8) is 0 Å². The minimum atomic E-state index is 0. The second-order valence-electron chi connectivity index (χ2n) is 5.18. The first-order valence-electron chi connectivity index (χ1n) is 6.34. The Hall–Kier alpha value is -0.970. The van der Waals surface area contributed by atoms with Gasteiger partial charge in [0.05, 0.1) is 0 Å². The van der Waals surface area contributed by atoms with E-state index in [2.05, 4.69) is 18.9 Å². The number of piperazine rings is 1. The van der Waals surface area contributed by atoms with Crippen LogP contribution in [0.15, 0.2) is 18.2 Å². The number of halogens is 2. The fourth-order valence-corrected chi connectivity index (χ4v) is 2.47. The van der Waals surface area contributed by atoms with Crippen molar-refractivity contribution in [3.05, 3.63) is 29.3 Å². The Balaban J connectivity index is 0.00000180. The predicted molar refractivity (Wildman–Crippen MR) is 88.1 cm³/mol. The second kappa shape index (κ2) is 7.72. The van der Waals surface area contributed by atoms with Crippen molar-refractivity contribution in [2.45, 2.75) is 19.9 Å². The van der Waals surface area contributed by atoms with Gasteiger partial charge in [-0.25, -0.2) is 0 Å². The predicted octanol–water partition coefficient (Wildman–Crippen LogP) is 2.20. The lowest BCUT2D eigenvalue weighted by Crippen LogP contribution is -2.52. The summed E-state index contributed by atoms with van der Waals surface area (Å²) in [7, 11) is 2.09. The first-order valence-corrected chi connectivity index (χ1v) is 6.34. The van der Waals surface area contributed by atoms with Gasteiger partial charge in [-0.15, -0.1) is 24.8 Å². The van der Waals surface area contributed by atoms with E-state index in [1.165, 1.54) is 0 Å². The van der Waals surface area contributed by atoms with Crippen LogP contribution < -0.4 is 5.73 Å². The van der Waals surface area contributed by atoms with E-state index in [0.29, 0.717) is 5.69 Å². The average molecular weight is 320 g/mol. The molecule has 1 aromatic rings. The zero-order chi connectivity index (χ0) is 13.3. The van der Waals surface area contributed by atoms with E-state index in [0.717, 1.165) is 30.8 Å². The topological polar surface area (TPSA) is 49.6 Å². The van der Waals surface area contributed by atoms with Gasteiger partial charge in [-0.3, -0.25) is 4.79 Å². The van der Waals surface area contributed by atoms with Gasteiger partial charge in [0.2, 0.25) is 0 Å². The van der Waals surface area contributed by atoms with E-state index in [9.17, 15) is 4.79 Å². The van der Waals surface area contributed by atoms with E-state index >= 15 is 0 Å². The molecule has 20 heavy (non-hydrogen) atoms. The zero-order valence-corrected chi connectivity index (χ0v) is 13.8. The number of nitrogens with zero attached hydrogens (tertiary/aromatic N) is 2. The summed E-state index contributed by atoms with van der Waals surface area (Å²) in [6.45, 7) is 6.68. The van der Waals surface area contributed by atoms with Gasteiger partial charge in [-0.2, -0.15) is 0 Å². The number of nitrogens with two attached hydrogens (primary N) is 1. The highest BCUT2D eigenvalue weighted by Crippen LogP contribution is 2.18. The molecule has 114 valence electrons. The fraction of sp³-hybridized carbons (Fsp3) is 0.500. The van der Waals surface area contributed by atoms with E-state index < -0.39 is 0 Å². The molecule has 0 bridgehead atoms. The molecule has 1 fully saturated rings. The van der Waals surface area contributed by atoms with Gasteiger partial charge in [-0.1, -0.05) is 6.07 Å². The molecule has 1 heterocycles. The van der Waals surface area contributed by atoms with Gasteiger partial charge in [0.15, 0.2) is 0 Å². The van der Waals surface area contributed by atoms with Crippen LogP contribution in [-0.2, 0) is 0 Å². The van der Waals surface area contributed by atoms with Gasteiger partial charge in [0.25, 0.3) is 5.91 Å². The van der Waals surface area contributed by atoms with Crippen molar-refractivity contribution < 1.29 is 4.79 Å². The molecule has 1 aliphatic heterocycles. The maximum Gasteiger partial charge on any atom is 0.254 e. The lowest BCUT2D eigenvalue weighted by Gasteiger charge is -2.38. The Labute approximate surface area is 133 Å². The molecule has 2 rings (SSSR count). The van der Waals surface area contributed by atoms with Gasteiger partial charge >= 0.3 is 0 Å². The molecule has 1 atom stereocenters. The third kappa shape index (κ3) is 4.01. The molecule has 4 nitrogen and oxygen atoms in total. The summed E-state index contributed by atoms with van der Waals surface area (Å²) in [6.07, 6.45) is 0. The van der Waals surface area contributed by atoms with E-state index in [-0.39, 0.29) is 36.8 Å². The van der Waals surface area contributed by atoms with Gasteiger partial charge in [-0.05, 0) is 38.6 Å². The summed E-state index contributed by atoms with van der Waals surface area (Å²) in [5, 5.41) is 0. The number of carbonyl (C=O) groups excluding carboxylic acids is 1. The van der Waals surface area contributed by atoms with Crippen molar-refractivity contribution >= 4 is 36.4 Å². The second-order valence-corrected chi connectivity index (χ2v) is 5.18. The summed E-state index contributed by atoms with van der Waals surface area (Å²) in [5.74, 6) is 0.0976. The molecule has 1 saturated heterocycles. The third-order valence-corrected chi connectivity index (χ3v) is 3.58. The summed E-state index contributed by atoms with van der Waals surface area (Å²) in [5.41, 5.74) is 8.13. The number of aryl methyl sites for hydroxylation is 1. The van der Waals surface area contributed by atoms with Gasteiger partial charge < -0.3 is 15.5 Å². The zero-order valence-electron chi connectivity index (χ0n) is 12.1. The number of amides is 1. The number of benzene rings is 1. The highest BCUT2D eigenvalue weighted by atomic mass is 35.5. The summed E-state index contributed by atoms with van der Waals surface area (Å²) in [4.78, 5) is 16.7. The number of carbonyl (C=O) groups is 1. The van der Waals surface area contributed by atoms with Crippen molar-refractivity contribution in [2.24, 2.45) is 0 Å². The van der Waals surface area contributed by atoms with Crippen LogP contribution in [0.3, 0.4) is 0 Å². The number of rotatable bonds is 1. The van der Waals surface area contributed by atoms with Gasteiger partial charge in [0, 0.05) is 36.9 Å². The third-order valence-electron chi connectivity index (χ3n) is 3.58. The molecular formula is C14H23Cl2N3O. The molecule has 1 aromatic carbocycles. The number of nitrogen functional groups attached to an aromatic ring is 1. The normalized spacial score (nSPS) is 18.9. The van der Waals surface area contributed by atoms with Crippen LogP contribution in [0.4, 0.5) is 5.69 Å². The highest BCUT2D eigenvalue weighted by Gasteiger charge is 2.27. The van der Waals surface area contributed by atoms with Crippen molar-refractivity contribution in [3.8, 4) is 0 Å². The van der Waals surface area contributed by atoms with E-state index in [1.807, 2.05) is 24.0 Å². The summed E-state index contributed by atoms with van der Waals surface area (Å²) in [6, 6.07) is 5.77. The Bertz CT molecular complexity index is 468. The Morgan fingerprint density at radius 1 is 1.30 bits per heavy atom. The van der Waals surface area contributed by atoms with Crippen LogP contribution in [0, 0.1) is 6.92 Å². The Morgan fingerprint density at radius 3 is 2.55 bits per heavy atom. The van der Waals surface area contributed by atoms with Crippen molar-refractivity contribution in [1.29, 1.82) is 0 Å². The quantitative estimate of drug-likeness (QED) is 0.807. The standard InChI is InChI=1S/C14H21N3O.2ClH/c1-10-4-5-12(15)8-13(10)14(18)17-7-6-16(3)9-11(17)2;;/h4-5,8,11H,6-7,9,15H2,1-3H3;2*1H. The largest absolute Gasteiger partial charge is 0.399 e. The first-order chi connectivity index (χ1) is 8.49. The molecule has 0 aliphatic carbocycles. The number of anilines is 1. The van der Waals surface area contributed by atoms with Crippen LogP contribution >= 0.6 is 24.8 Å². The Morgan fingerprint density at radius 2 is 1.95 bits per heavy atom. The molecule has 6 heteroatoms. The molecule has 0 aromatic heterocycles. The monoisotopic (exact) mass is 319 g/mol. The van der Waals surface area contributed by atoms with Crippen molar-refractivity contribution in [2.75, 3.05) is 32.4 Å². The minimum absolute atomic E-state index is 0. The number of likely N-dealkylation sites (N-methyl/N-ethyl adjacent to an activating group) is 1. The summed E-state index contributed by atoms with van der Waals surface area (Å²) < 4.78 is 0. The maximum absolute atomic E-state index is 12.5. The molecule has 0 spiro atoms. The molecule has 0 saturated carbocycles. The smallest absolute Gasteiger partial charge is 0.254 e. The van der Waals surface area contributed by atoms with Crippen LogP contribution in [-0.4, -0.2) is 48.4 Å². The number of hydrogen-bond donors (Lipinski definition) is 1. The maximum atomic E-state index is 12.5. The van der Waals surface area contributed by atoms with Crippen LogP contribution in [0.2, 0.25) is 0 Å².